The Morgan fingerprint density at radius 2 is 2.00 bits per heavy atom. The Bertz CT molecular complexity index is 382. The van der Waals surface area contributed by atoms with E-state index >= 15 is 0 Å². The van der Waals surface area contributed by atoms with Crippen molar-refractivity contribution in [3.63, 3.8) is 0 Å². The third kappa shape index (κ3) is 2.99. The Hall–Kier alpha value is -0.970. The molecule has 0 atom stereocenters. The second-order valence-corrected chi connectivity index (χ2v) is 3.86. The molecule has 0 heterocycles. The summed E-state index contributed by atoms with van der Waals surface area (Å²) in [7, 11) is 0. The summed E-state index contributed by atoms with van der Waals surface area (Å²) in [5, 5.41) is 2.58. The SMILES string of the molecule is CCCNC(=O)c1cc(F)c(F)cc1Br. The maximum atomic E-state index is 12.9. The van der Waals surface area contributed by atoms with E-state index in [0.29, 0.717) is 6.54 Å². The molecule has 0 saturated carbocycles. The van der Waals surface area contributed by atoms with E-state index in [1.807, 2.05) is 6.92 Å². The lowest BCUT2D eigenvalue weighted by Crippen LogP contribution is -2.24. The molecule has 0 aliphatic heterocycles. The summed E-state index contributed by atoms with van der Waals surface area (Å²) < 4.78 is 25.8. The van der Waals surface area contributed by atoms with Crippen LogP contribution in [0.2, 0.25) is 0 Å². The van der Waals surface area contributed by atoms with Gasteiger partial charge in [0.25, 0.3) is 5.91 Å². The Balaban J connectivity index is 2.94. The normalized spacial score (nSPS) is 10.1. The zero-order valence-corrected chi connectivity index (χ0v) is 9.70. The standard InChI is InChI=1S/C10H10BrF2NO/c1-2-3-14-10(15)6-4-8(12)9(13)5-7(6)11/h4-5H,2-3H2,1H3,(H,14,15). The van der Waals surface area contributed by atoms with Gasteiger partial charge in [-0.2, -0.15) is 0 Å². The van der Waals surface area contributed by atoms with Crippen LogP contribution in [-0.4, -0.2) is 12.5 Å². The van der Waals surface area contributed by atoms with Gasteiger partial charge in [0.1, 0.15) is 0 Å². The van der Waals surface area contributed by atoms with Crippen LogP contribution < -0.4 is 5.32 Å². The van der Waals surface area contributed by atoms with Crippen LogP contribution in [0.1, 0.15) is 23.7 Å². The topological polar surface area (TPSA) is 29.1 Å². The maximum Gasteiger partial charge on any atom is 0.252 e. The fourth-order valence-corrected chi connectivity index (χ4v) is 1.53. The fraction of sp³-hybridized carbons (Fsp3) is 0.300. The van der Waals surface area contributed by atoms with Crippen LogP contribution >= 0.6 is 15.9 Å². The van der Waals surface area contributed by atoms with E-state index in [2.05, 4.69) is 21.2 Å². The first-order valence-corrected chi connectivity index (χ1v) is 5.28. The average molecular weight is 278 g/mol. The summed E-state index contributed by atoms with van der Waals surface area (Å²) in [6.07, 6.45) is 0.785. The largest absolute Gasteiger partial charge is 0.352 e. The van der Waals surface area contributed by atoms with Crippen LogP contribution in [0.25, 0.3) is 0 Å². The van der Waals surface area contributed by atoms with Crippen molar-refractivity contribution in [1.29, 1.82) is 0 Å². The van der Waals surface area contributed by atoms with Crippen molar-refractivity contribution in [2.24, 2.45) is 0 Å². The minimum absolute atomic E-state index is 0.0994. The highest BCUT2D eigenvalue weighted by molar-refractivity contribution is 9.10. The predicted molar refractivity (Wildman–Crippen MR) is 56.7 cm³/mol. The molecule has 5 heteroatoms. The Morgan fingerprint density at radius 3 is 2.60 bits per heavy atom. The first kappa shape index (κ1) is 12.1. The lowest BCUT2D eigenvalue weighted by Gasteiger charge is -2.06. The fourth-order valence-electron chi connectivity index (χ4n) is 1.03. The van der Waals surface area contributed by atoms with E-state index < -0.39 is 17.5 Å². The predicted octanol–water partition coefficient (Wildman–Crippen LogP) is 2.87. The summed E-state index contributed by atoms with van der Waals surface area (Å²) in [5.74, 6) is -2.42. The third-order valence-corrected chi connectivity index (χ3v) is 2.45. The number of benzene rings is 1. The van der Waals surface area contributed by atoms with E-state index in [1.165, 1.54) is 0 Å². The molecule has 15 heavy (non-hydrogen) atoms. The van der Waals surface area contributed by atoms with Gasteiger partial charge in [-0.25, -0.2) is 8.78 Å². The number of hydrogen-bond acceptors (Lipinski definition) is 1. The number of rotatable bonds is 3. The molecule has 0 bridgehead atoms. The van der Waals surface area contributed by atoms with Crippen molar-refractivity contribution in [1.82, 2.24) is 5.32 Å². The van der Waals surface area contributed by atoms with Gasteiger partial charge in [0.05, 0.1) is 5.56 Å². The maximum absolute atomic E-state index is 12.9. The quantitative estimate of drug-likeness (QED) is 0.846. The summed E-state index contributed by atoms with van der Waals surface area (Å²) in [6, 6.07) is 1.82. The molecule has 0 aliphatic rings. The van der Waals surface area contributed by atoms with Gasteiger partial charge in [-0.3, -0.25) is 4.79 Å². The Labute approximate surface area is 94.8 Å². The molecular weight excluding hydrogens is 268 g/mol. The lowest BCUT2D eigenvalue weighted by molar-refractivity contribution is 0.0952. The van der Waals surface area contributed by atoms with Crippen molar-refractivity contribution in [3.8, 4) is 0 Å². The summed E-state index contributed by atoms with van der Waals surface area (Å²) >= 11 is 3.01. The first-order valence-electron chi connectivity index (χ1n) is 4.49. The first-order chi connectivity index (χ1) is 7.06. The van der Waals surface area contributed by atoms with E-state index in [1.54, 1.807) is 0 Å². The zero-order chi connectivity index (χ0) is 11.4. The van der Waals surface area contributed by atoms with Gasteiger partial charge in [0, 0.05) is 11.0 Å². The van der Waals surface area contributed by atoms with Crippen molar-refractivity contribution in [2.45, 2.75) is 13.3 Å². The van der Waals surface area contributed by atoms with Crippen LogP contribution in [0, 0.1) is 11.6 Å². The van der Waals surface area contributed by atoms with Gasteiger partial charge < -0.3 is 5.32 Å². The van der Waals surface area contributed by atoms with E-state index in [4.69, 9.17) is 0 Å². The van der Waals surface area contributed by atoms with Crippen LogP contribution in [0.3, 0.4) is 0 Å². The molecule has 1 aromatic carbocycles. The highest BCUT2D eigenvalue weighted by Crippen LogP contribution is 2.20. The number of hydrogen-bond donors (Lipinski definition) is 1. The highest BCUT2D eigenvalue weighted by Gasteiger charge is 2.13. The number of amides is 1. The van der Waals surface area contributed by atoms with Gasteiger partial charge in [-0.05, 0) is 34.5 Å². The molecule has 2 nitrogen and oxygen atoms in total. The van der Waals surface area contributed by atoms with E-state index in [9.17, 15) is 13.6 Å². The average Bonchev–Trinajstić information content (AvgIpc) is 2.20. The molecule has 1 rings (SSSR count). The number of carbonyl (C=O) groups excluding carboxylic acids is 1. The van der Waals surface area contributed by atoms with Crippen molar-refractivity contribution < 1.29 is 13.6 Å². The number of carbonyl (C=O) groups is 1. The van der Waals surface area contributed by atoms with Crippen LogP contribution in [0.4, 0.5) is 8.78 Å². The second kappa shape index (κ2) is 5.21. The summed E-state index contributed by atoms with van der Waals surface area (Å²) in [6.45, 7) is 2.41. The molecule has 1 amide bonds. The lowest BCUT2D eigenvalue weighted by atomic mass is 10.2. The minimum atomic E-state index is -1.03. The van der Waals surface area contributed by atoms with Crippen molar-refractivity contribution >= 4 is 21.8 Å². The van der Waals surface area contributed by atoms with Gasteiger partial charge in [-0.15, -0.1) is 0 Å². The Morgan fingerprint density at radius 1 is 1.40 bits per heavy atom. The smallest absolute Gasteiger partial charge is 0.252 e. The molecule has 0 unspecified atom stereocenters. The molecular formula is C10H10BrF2NO. The van der Waals surface area contributed by atoms with E-state index in [0.717, 1.165) is 18.6 Å². The molecule has 1 aromatic rings. The molecule has 0 fully saturated rings. The number of halogens is 3. The van der Waals surface area contributed by atoms with Crippen molar-refractivity contribution in [2.75, 3.05) is 6.54 Å². The molecule has 0 aromatic heterocycles. The molecule has 0 aliphatic carbocycles. The molecule has 82 valence electrons. The molecule has 0 spiro atoms. The Kier molecular flexibility index (Phi) is 4.20. The number of nitrogens with one attached hydrogen (secondary N) is 1. The van der Waals surface area contributed by atoms with E-state index in [-0.39, 0.29) is 10.0 Å². The highest BCUT2D eigenvalue weighted by atomic mass is 79.9. The van der Waals surface area contributed by atoms with Gasteiger partial charge in [-0.1, -0.05) is 6.92 Å². The van der Waals surface area contributed by atoms with Gasteiger partial charge in [0.2, 0.25) is 0 Å². The zero-order valence-electron chi connectivity index (χ0n) is 8.11. The summed E-state index contributed by atoms with van der Waals surface area (Å²) in [5.41, 5.74) is 0.0994. The third-order valence-electron chi connectivity index (χ3n) is 1.79. The minimum Gasteiger partial charge on any atom is -0.352 e. The molecule has 0 radical (unpaired) electrons. The van der Waals surface area contributed by atoms with Gasteiger partial charge >= 0.3 is 0 Å². The summed E-state index contributed by atoms with van der Waals surface area (Å²) in [4.78, 5) is 11.5. The van der Waals surface area contributed by atoms with Crippen LogP contribution in [-0.2, 0) is 0 Å². The molecule has 1 N–H and O–H groups in total. The van der Waals surface area contributed by atoms with Crippen LogP contribution in [0.15, 0.2) is 16.6 Å². The van der Waals surface area contributed by atoms with Crippen molar-refractivity contribution in [3.05, 3.63) is 33.8 Å². The monoisotopic (exact) mass is 277 g/mol. The molecule has 0 saturated heterocycles. The van der Waals surface area contributed by atoms with Crippen LogP contribution in [0.5, 0.6) is 0 Å². The second-order valence-electron chi connectivity index (χ2n) is 3.00. The van der Waals surface area contributed by atoms with Gasteiger partial charge in [0.15, 0.2) is 11.6 Å².